The van der Waals surface area contributed by atoms with Crippen LogP contribution in [0.15, 0.2) is 17.3 Å². The van der Waals surface area contributed by atoms with E-state index in [-0.39, 0.29) is 16.8 Å². The van der Waals surface area contributed by atoms with Crippen molar-refractivity contribution in [2.45, 2.75) is 97.4 Å². The normalized spacial score (nSPS) is 18.7. The van der Waals surface area contributed by atoms with Crippen LogP contribution in [-0.4, -0.2) is 35.3 Å². The molecule has 7 heteroatoms. The second-order valence-corrected chi connectivity index (χ2v) is 10.5. The molecular formula is C26H38N2O4S. The minimum Gasteiger partial charge on any atom is -0.477 e. The van der Waals surface area contributed by atoms with Gasteiger partial charge in [-0.25, -0.2) is 4.79 Å². The van der Waals surface area contributed by atoms with E-state index in [2.05, 4.69) is 25.1 Å². The van der Waals surface area contributed by atoms with Crippen LogP contribution in [0.2, 0.25) is 0 Å². The molecule has 2 aliphatic carbocycles. The number of hydrogen-bond donors (Lipinski definition) is 1. The third kappa shape index (κ3) is 6.92. The summed E-state index contributed by atoms with van der Waals surface area (Å²) in [4.78, 5) is 34.0. The van der Waals surface area contributed by atoms with Gasteiger partial charge in [-0.2, -0.15) is 0 Å². The number of carboxylic acid groups (broad SMARTS) is 1. The summed E-state index contributed by atoms with van der Waals surface area (Å²) in [5.74, 6) is -0.374. The van der Waals surface area contributed by atoms with Crippen molar-refractivity contribution in [2.75, 3.05) is 11.5 Å². The van der Waals surface area contributed by atoms with Gasteiger partial charge >= 0.3 is 5.97 Å². The van der Waals surface area contributed by atoms with Gasteiger partial charge in [-0.15, -0.1) is 11.3 Å². The first-order chi connectivity index (χ1) is 15.9. The SMILES string of the molecule is CCON=C1CCC(N(C(=O)CCCC(C)C)c2cc(C3=CCCCC3)sc2C(=O)O)CC1. The lowest BCUT2D eigenvalue weighted by atomic mass is 9.91. The smallest absolute Gasteiger partial charge is 0.348 e. The number of aromatic carboxylic acids is 1. The Kier molecular flexibility index (Phi) is 9.53. The van der Waals surface area contributed by atoms with Gasteiger partial charge in [0.25, 0.3) is 0 Å². The lowest BCUT2D eigenvalue weighted by molar-refractivity contribution is -0.119. The van der Waals surface area contributed by atoms with E-state index in [0.29, 0.717) is 24.6 Å². The molecule has 0 saturated heterocycles. The number of nitrogens with zero attached hydrogens (tertiary/aromatic N) is 2. The van der Waals surface area contributed by atoms with Crippen molar-refractivity contribution < 1.29 is 19.5 Å². The number of oxime groups is 1. The Morgan fingerprint density at radius 1 is 1.24 bits per heavy atom. The Hall–Kier alpha value is -2.15. The summed E-state index contributed by atoms with van der Waals surface area (Å²) in [6, 6.07) is 1.95. The maximum Gasteiger partial charge on any atom is 0.348 e. The van der Waals surface area contributed by atoms with Gasteiger partial charge in [-0.1, -0.05) is 31.5 Å². The van der Waals surface area contributed by atoms with Gasteiger partial charge in [-0.3, -0.25) is 4.79 Å². The third-order valence-corrected chi connectivity index (χ3v) is 7.62. The summed E-state index contributed by atoms with van der Waals surface area (Å²) < 4.78 is 0. The fourth-order valence-electron chi connectivity index (χ4n) is 4.69. The maximum atomic E-state index is 13.5. The van der Waals surface area contributed by atoms with E-state index < -0.39 is 5.97 Å². The first kappa shape index (κ1) is 25.5. The van der Waals surface area contributed by atoms with E-state index in [1.54, 1.807) is 0 Å². The van der Waals surface area contributed by atoms with E-state index in [9.17, 15) is 14.7 Å². The van der Waals surface area contributed by atoms with Gasteiger partial charge < -0.3 is 14.8 Å². The molecule has 1 aromatic heterocycles. The van der Waals surface area contributed by atoms with Crippen LogP contribution >= 0.6 is 11.3 Å². The van der Waals surface area contributed by atoms with E-state index in [1.165, 1.54) is 23.3 Å². The predicted molar refractivity (Wildman–Crippen MR) is 135 cm³/mol. The molecule has 1 aromatic rings. The number of carbonyl (C=O) groups excluding carboxylic acids is 1. The van der Waals surface area contributed by atoms with E-state index >= 15 is 0 Å². The Labute approximate surface area is 201 Å². The fraction of sp³-hybridized carbons (Fsp3) is 0.654. The molecule has 3 rings (SSSR count). The minimum atomic E-state index is -0.952. The molecule has 1 N–H and O–H groups in total. The molecule has 182 valence electrons. The molecule has 1 saturated carbocycles. The van der Waals surface area contributed by atoms with Crippen LogP contribution in [0.1, 0.15) is 106 Å². The van der Waals surface area contributed by atoms with Crippen molar-refractivity contribution in [3.05, 3.63) is 21.9 Å². The van der Waals surface area contributed by atoms with Gasteiger partial charge in [-0.05, 0) is 82.3 Å². The first-order valence-electron chi connectivity index (χ1n) is 12.5. The summed E-state index contributed by atoms with van der Waals surface area (Å²) in [6.07, 6.45) is 11.9. The zero-order chi connectivity index (χ0) is 23.8. The minimum absolute atomic E-state index is 0.0157. The summed E-state index contributed by atoms with van der Waals surface area (Å²) in [7, 11) is 0. The molecule has 0 bridgehead atoms. The predicted octanol–water partition coefficient (Wildman–Crippen LogP) is 6.90. The molecule has 0 unspecified atom stereocenters. The average molecular weight is 475 g/mol. The molecule has 0 atom stereocenters. The van der Waals surface area contributed by atoms with Gasteiger partial charge in [0.15, 0.2) is 0 Å². The van der Waals surface area contributed by atoms with Crippen molar-refractivity contribution in [3.63, 3.8) is 0 Å². The van der Waals surface area contributed by atoms with Crippen molar-refractivity contribution in [1.29, 1.82) is 0 Å². The Morgan fingerprint density at radius 3 is 2.61 bits per heavy atom. The van der Waals surface area contributed by atoms with E-state index in [4.69, 9.17) is 4.84 Å². The highest BCUT2D eigenvalue weighted by molar-refractivity contribution is 7.15. The molecule has 0 aromatic carbocycles. The van der Waals surface area contributed by atoms with Crippen molar-refractivity contribution in [3.8, 4) is 0 Å². The average Bonchev–Trinajstić information content (AvgIpc) is 3.24. The van der Waals surface area contributed by atoms with Crippen LogP contribution in [0.5, 0.6) is 0 Å². The molecule has 1 amide bonds. The number of amides is 1. The lowest BCUT2D eigenvalue weighted by Gasteiger charge is -2.34. The van der Waals surface area contributed by atoms with Crippen LogP contribution in [0.3, 0.4) is 0 Å². The number of carbonyl (C=O) groups is 2. The highest BCUT2D eigenvalue weighted by atomic mass is 32.1. The number of rotatable bonds is 10. The first-order valence-corrected chi connectivity index (χ1v) is 13.3. The lowest BCUT2D eigenvalue weighted by Crippen LogP contribution is -2.43. The van der Waals surface area contributed by atoms with Crippen LogP contribution in [0.4, 0.5) is 5.69 Å². The fourth-order valence-corrected chi connectivity index (χ4v) is 5.75. The molecule has 0 spiro atoms. The Morgan fingerprint density at radius 2 is 2.00 bits per heavy atom. The van der Waals surface area contributed by atoms with Gasteiger partial charge in [0.05, 0.1) is 11.4 Å². The van der Waals surface area contributed by atoms with Crippen molar-refractivity contribution in [1.82, 2.24) is 0 Å². The molecule has 1 heterocycles. The number of allylic oxidation sites excluding steroid dienone is 2. The Bertz CT molecular complexity index is 877. The second-order valence-electron chi connectivity index (χ2n) is 9.46. The Balaban J connectivity index is 1.90. The summed E-state index contributed by atoms with van der Waals surface area (Å²) in [5.41, 5.74) is 2.83. The van der Waals surface area contributed by atoms with Crippen LogP contribution in [0, 0.1) is 5.92 Å². The van der Waals surface area contributed by atoms with Gasteiger partial charge in [0, 0.05) is 17.3 Å². The van der Waals surface area contributed by atoms with Crippen LogP contribution < -0.4 is 4.90 Å². The molecule has 0 radical (unpaired) electrons. The molecule has 0 aliphatic heterocycles. The highest BCUT2D eigenvalue weighted by Crippen LogP contribution is 2.40. The second kappa shape index (κ2) is 12.4. The standard InChI is InChI=1S/C26H38N2O4S/c1-4-32-27-20-13-15-21(16-14-20)28(24(29)12-8-9-18(2)3)22-17-23(33-25(22)26(30)31)19-10-6-5-7-11-19/h10,17-18,21H,4-9,11-16H2,1-3H3,(H,30,31). The number of hydrogen-bond acceptors (Lipinski definition) is 5. The van der Waals surface area contributed by atoms with Crippen molar-refractivity contribution >= 4 is 40.2 Å². The summed E-state index contributed by atoms with van der Waals surface area (Å²) in [6.45, 7) is 6.78. The highest BCUT2D eigenvalue weighted by Gasteiger charge is 2.33. The number of thiophene rings is 1. The number of anilines is 1. The summed E-state index contributed by atoms with van der Waals surface area (Å²) in [5, 5.41) is 14.2. The van der Waals surface area contributed by atoms with Crippen LogP contribution in [-0.2, 0) is 9.63 Å². The largest absolute Gasteiger partial charge is 0.477 e. The molecule has 1 fully saturated rings. The topological polar surface area (TPSA) is 79.2 Å². The molecule has 33 heavy (non-hydrogen) atoms. The van der Waals surface area contributed by atoms with Gasteiger partial charge in [0.2, 0.25) is 5.91 Å². The third-order valence-electron chi connectivity index (χ3n) is 6.43. The quantitative estimate of drug-likeness (QED) is 0.374. The van der Waals surface area contributed by atoms with E-state index in [1.807, 2.05) is 17.9 Å². The zero-order valence-electron chi connectivity index (χ0n) is 20.3. The summed E-state index contributed by atoms with van der Waals surface area (Å²) >= 11 is 1.32. The zero-order valence-corrected chi connectivity index (χ0v) is 21.1. The monoisotopic (exact) mass is 474 g/mol. The van der Waals surface area contributed by atoms with Crippen LogP contribution in [0.25, 0.3) is 5.57 Å². The van der Waals surface area contributed by atoms with Crippen molar-refractivity contribution in [2.24, 2.45) is 11.1 Å². The van der Waals surface area contributed by atoms with E-state index in [0.717, 1.165) is 68.4 Å². The maximum absolute atomic E-state index is 13.5. The molecular weight excluding hydrogens is 436 g/mol. The number of carboxylic acids is 1. The molecule has 6 nitrogen and oxygen atoms in total. The van der Waals surface area contributed by atoms with Gasteiger partial charge in [0.1, 0.15) is 11.5 Å². The molecule has 2 aliphatic rings.